The third-order valence-electron chi connectivity index (χ3n) is 4.30. The van der Waals surface area contributed by atoms with Crippen LogP contribution < -0.4 is 0 Å². The number of hydrogen-bond donors (Lipinski definition) is 1. The molecule has 1 aromatic heterocycles. The Balaban J connectivity index is 1.77. The number of amides is 1. The number of aryl methyl sites for hydroxylation is 1. The predicted molar refractivity (Wildman–Crippen MR) is 87.3 cm³/mol. The van der Waals surface area contributed by atoms with Gasteiger partial charge >= 0.3 is 0 Å². The van der Waals surface area contributed by atoms with Crippen LogP contribution in [0.4, 0.5) is 0 Å². The average Bonchev–Trinajstić information content (AvgIpc) is 2.92. The van der Waals surface area contributed by atoms with Gasteiger partial charge in [-0.2, -0.15) is 0 Å². The number of rotatable bonds is 1. The maximum atomic E-state index is 12.6. The van der Waals surface area contributed by atoms with Crippen molar-refractivity contribution in [3.8, 4) is 0 Å². The van der Waals surface area contributed by atoms with Gasteiger partial charge < -0.3 is 14.6 Å². The number of aromatic nitrogens is 1. The first-order valence-electron chi connectivity index (χ1n) is 7.61. The van der Waals surface area contributed by atoms with Crippen molar-refractivity contribution in [3.05, 3.63) is 47.5 Å². The van der Waals surface area contributed by atoms with E-state index in [0.29, 0.717) is 26.3 Å². The highest BCUT2D eigenvalue weighted by atomic mass is 16.5. The number of benzene rings is 2. The monoisotopic (exact) mass is 294 g/mol. The molecule has 4 heteroatoms. The van der Waals surface area contributed by atoms with Crippen molar-refractivity contribution in [2.45, 2.75) is 6.92 Å². The number of nitrogens with one attached hydrogen (secondary N) is 1. The number of fused-ring (bicyclic) bond motifs is 3. The Kier molecular flexibility index (Phi) is 3.12. The van der Waals surface area contributed by atoms with E-state index in [1.807, 2.05) is 23.1 Å². The maximum absolute atomic E-state index is 12.6. The smallest absolute Gasteiger partial charge is 0.254 e. The van der Waals surface area contributed by atoms with Crippen LogP contribution in [0.25, 0.3) is 21.8 Å². The first-order valence-corrected chi connectivity index (χ1v) is 7.61. The molecule has 0 atom stereocenters. The van der Waals surface area contributed by atoms with Crippen molar-refractivity contribution in [2.24, 2.45) is 0 Å². The van der Waals surface area contributed by atoms with E-state index in [1.165, 1.54) is 10.9 Å². The van der Waals surface area contributed by atoms with Gasteiger partial charge in [0, 0.05) is 40.5 Å². The minimum absolute atomic E-state index is 0.0834. The molecule has 0 bridgehead atoms. The molecular weight excluding hydrogens is 276 g/mol. The molecule has 1 amide bonds. The van der Waals surface area contributed by atoms with Crippen LogP contribution in [-0.2, 0) is 4.74 Å². The number of hydrogen-bond acceptors (Lipinski definition) is 2. The van der Waals surface area contributed by atoms with Crippen LogP contribution in [0.5, 0.6) is 0 Å². The normalized spacial score (nSPS) is 15.6. The molecule has 1 fully saturated rings. The van der Waals surface area contributed by atoms with E-state index in [-0.39, 0.29) is 5.91 Å². The molecule has 0 radical (unpaired) electrons. The standard InChI is InChI=1S/C18H18N2O2/c1-12-2-5-16-15(10-12)14-4-3-13(11-17(14)19-16)18(21)20-6-8-22-9-7-20/h2-5,10-11,19H,6-9H2,1H3. The molecule has 112 valence electrons. The first kappa shape index (κ1) is 13.3. The first-order chi connectivity index (χ1) is 10.7. The van der Waals surface area contributed by atoms with Crippen molar-refractivity contribution in [1.29, 1.82) is 0 Å². The summed E-state index contributed by atoms with van der Waals surface area (Å²) in [6.07, 6.45) is 0. The molecule has 1 N–H and O–H groups in total. The number of carbonyl (C=O) groups is 1. The van der Waals surface area contributed by atoms with Gasteiger partial charge in [-0.3, -0.25) is 4.79 Å². The zero-order chi connectivity index (χ0) is 15.1. The molecule has 4 rings (SSSR count). The van der Waals surface area contributed by atoms with Crippen molar-refractivity contribution >= 4 is 27.7 Å². The SMILES string of the molecule is Cc1ccc2[nH]c3cc(C(=O)N4CCOCC4)ccc3c2c1. The molecule has 3 aromatic rings. The second kappa shape index (κ2) is 5.14. The van der Waals surface area contributed by atoms with E-state index in [2.05, 4.69) is 30.1 Å². The lowest BCUT2D eigenvalue weighted by Crippen LogP contribution is -2.40. The molecular formula is C18H18N2O2. The van der Waals surface area contributed by atoms with E-state index in [9.17, 15) is 4.79 Å². The highest BCUT2D eigenvalue weighted by Gasteiger charge is 2.19. The molecule has 2 aromatic carbocycles. The van der Waals surface area contributed by atoms with Gasteiger partial charge in [0.25, 0.3) is 5.91 Å². The topological polar surface area (TPSA) is 45.3 Å². The lowest BCUT2D eigenvalue weighted by atomic mass is 10.1. The minimum atomic E-state index is 0.0834. The van der Waals surface area contributed by atoms with Crippen molar-refractivity contribution in [1.82, 2.24) is 9.88 Å². The Morgan fingerprint density at radius 3 is 2.68 bits per heavy atom. The quantitative estimate of drug-likeness (QED) is 0.749. The number of aromatic amines is 1. The predicted octanol–water partition coefficient (Wildman–Crippen LogP) is 3.10. The Hall–Kier alpha value is -2.33. The van der Waals surface area contributed by atoms with Gasteiger partial charge in [0.2, 0.25) is 0 Å². The zero-order valence-corrected chi connectivity index (χ0v) is 12.6. The minimum Gasteiger partial charge on any atom is -0.378 e. The third-order valence-corrected chi connectivity index (χ3v) is 4.30. The molecule has 1 aliphatic heterocycles. The summed E-state index contributed by atoms with van der Waals surface area (Å²) in [6, 6.07) is 12.3. The van der Waals surface area contributed by atoms with E-state index in [1.54, 1.807) is 0 Å². The molecule has 0 unspecified atom stereocenters. The lowest BCUT2D eigenvalue weighted by Gasteiger charge is -2.26. The highest BCUT2D eigenvalue weighted by Crippen LogP contribution is 2.27. The van der Waals surface area contributed by atoms with Crippen molar-refractivity contribution in [3.63, 3.8) is 0 Å². The van der Waals surface area contributed by atoms with Crippen LogP contribution >= 0.6 is 0 Å². The van der Waals surface area contributed by atoms with Crippen molar-refractivity contribution in [2.75, 3.05) is 26.3 Å². The van der Waals surface area contributed by atoms with Gasteiger partial charge in [-0.15, -0.1) is 0 Å². The van der Waals surface area contributed by atoms with Crippen LogP contribution in [-0.4, -0.2) is 42.1 Å². The molecule has 4 nitrogen and oxygen atoms in total. The van der Waals surface area contributed by atoms with E-state index in [4.69, 9.17) is 4.74 Å². The summed E-state index contributed by atoms with van der Waals surface area (Å²) >= 11 is 0. The summed E-state index contributed by atoms with van der Waals surface area (Å²) in [5, 5.41) is 2.37. The Morgan fingerprint density at radius 2 is 1.86 bits per heavy atom. The molecule has 2 heterocycles. The molecule has 0 spiro atoms. The summed E-state index contributed by atoms with van der Waals surface area (Å²) in [4.78, 5) is 17.8. The fourth-order valence-corrected chi connectivity index (χ4v) is 3.10. The Morgan fingerprint density at radius 1 is 1.05 bits per heavy atom. The lowest BCUT2D eigenvalue weighted by molar-refractivity contribution is 0.0303. The van der Waals surface area contributed by atoms with Crippen molar-refractivity contribution < 1.29 is 9.53 Å². The molecule has 0 saturated carbocycles. The van der Waals surface area contributed by atoms with Crippen LogP contribution in [0.1, 0.15) is 15.9 Å². The summed E-state index contributed by atoms with van der Waals surface area (Å²) in [5.74, 6) is 0.0834. The van der Waals surface area contributed by atoms with Gasteiger partial charge in [-0.1, -0.05) is 17.7 Å². The third kappa shape index (κ3) is 2.16. The highest BCUT2D eigenvalue weighted by molar-refractivity contribution is 6.09. The fourth-order valence-electron chi connectivity index (χ4n) is 3.10. The number of ether oxygens (including phenoxy) is 1. The van der Waals surface area contributed by atoms with Gasteiger partial charge in [0.1, 0.15) is 0 Å². The van der Waals surface area contributed by atoms with Crippen LogP contribution in [0, 0.1) is 6.92 Å². The largest absolute Gasteiger partial charge is 0.378 e. The maximum Gasteiger partial charge on any atom is 0.254 e. The second-order valence-electron chi connectivity index (χ2n) is 5.84. The summed E-state index contributed by atoms with van der Waals surface area (Å²) in [6.45, 7) is 4.68. The van der Waals surface area contributed by atoms with Gasteiger partial charge in [-0.25, -0.2) is 0 Å². The Bertz CT molecular complexity index is 860. The molecule has 0 aliphatic carbocycles. The number of morpholine rings is 1. The van der Waals surface area contributed by atoms with E-state index in [0.717, 1.165) is 22.0 Å². The van der Waals surface area contributed by atoms with Gasteiger partial charge in [-0.05, 0) is 31.2 Å². The molecule has 22 heavy (non-hydrogen) atoms. The number of H-pyrrole nitrogens is 1. The summed E-state index contributed by atoms with van der Waals surface area (Å²) in [5.41, 5.74) is 4.09. The van der Waals surface area contributed by atoms with E-state index < -0.39 is 0 Å². The van der Waals surface area contributed by atoms with Crippen LogP contribution in [0.3, 0.4) is 0 Å². The summed E-state index contributed by atoms with van der Waals surface area (Å²) in [7, 11) is 0. The van der Waals surface area contributed by atoms with Gasteiger partial charge in [0.15, 0.2) is 0 Å². The number of nitrogens with zero attached hydrogens (tertiary/aromatic N) is 1. The Labute approximate surface area is 128 Å². The van der Waals surface area contributed by atoms with E-state index >= 15 is 0 Å². The van der Waals surface area contributed by atoms with Crippen LogP contribution in [0.15, 0.2) is 36.4 Å². The fraction of sp³-hybridized carbons (Fsp3) is 0.278. The molecule has 1 saturated heterocycles. The zero-order valence-electron chi connectivity index (χ0n) is 12.6. The second-order valence-corrected chi connectivity index (χ2v) is 5.84. The van der Waals surface area contributed by atoms with Crippen LogP contribution in [0.2, 0.25) is 0 Å². The average molecular weight is 294 g/mol. The number of carbonyl (C=O) groups excluding carboxylic acids is 1. The molecule has 1 aliphatic rings. The summed E-state index contributed by atoms with van der Waals surface area (Å²) < 4.78 is 5.31. The van der Waals surface area contributed by atoms with Gasteiger partial charge in [0.05, 0.1) is 13.2 Å².